The van der Waals surface area contributed by atoms with E-state index in [1.54, 1.807) is 23.0 Å². The van der Waals surface area contributed by atoms with Crippen molar-refractivity contribution in [2.75, 3.05) is 0 Å². The molecule has 1 amide bonds. The molecule has 1 aromatic carbocycles. The Morgan fingerprint density at radius 1 is 1.29 bits per heavy atom. The minimum Gasteiger partial charge on any atom is -0.351 e. The van der Waals surface area contributed by atoms with Crippen molar-refractivity contribution >= 4 is 5.91 Å². The van der Waals surface area contributed by atoms with Crippen molar-refractivity contribution < 1.29 is 18.0 Å². The first-order valence-corrected chi connectivity index (χ1v) is 7.86. The Morgan fingerprint density at radius 3 is 2.79 bits per heavy atom. The second kappa shape index (κ2) is 6.67. The van der Waals surface area contributed by atoms with Gasteiger partial charge in [-0.25, -0.2) is 4.98 Å². The molecule has 0 spiro atoms. The molecule has 1 fully saturated rings. The smallest absolute Gasteiger partial charge is 0.351 e. The summed E-state index contributed by atoms with van der Waals surface area (Å²) in [7, 11) is 0. The van der Waals surface area contributed by atoms with Gasteiger partial charge in [0.15, 0.2) is 0 Å². The quantitative estimate of drug-likeness (QED) is 0.930. The third-order valence-electron chi connectivity index (χ3n) is 4.41. The lowest BCUT2D eigenvalue weighted by molar-refractivity contribution is -0.138. The van der Waals surface area contributed by atoms with Crippen LogP contribution in [0.3, 0.4) is 0 Å². The highest BCUT2D eigenvalue weighted by Crippen LogP contribution is 2.41. The summed E-state index contributed by atoms with van der Waals surface area (Å²) < 4.78 is 41.4. The summed E-state index contributed by atoms with van der Waals surface area (Å²) in [4.78, 5) is 16.0. The molecule has 1 aliphatic carbocycles. The summed E-state index contributed by atoms with van der Waals surface area (Å²) in [5.74, 6) is -0.524. The molecule has 24 heavy (non-hydrogen) atoms. The molecule has 1 aliphatic rings. The second-order valence-electron chi connectivity index (χ2n) is 6.03. The molecule has 2 aromatic rings. The molecule has 4 nitrogen and oxygen atoms in total. The number of aromatic nitrogens is 2. The minimum atomic E-state index is -4.38. The van der Waals surface area contributed by atoms with Crippen molar-refractivity contribution in [1.82, 2.24) is 14.9 Å². The molecule has 128 valence electrons. The van der Waals surface area contributed by atoms with Gasteiger partial charge in [0.05, 0.1) is 11.9 Å². The van der Waals surface area contributed by atoms with Crippen LogP contribution in [0.1, 0.15) is 36.3 Å². The zero-order chi connectivity index (χ0) is 17.2. The number of amides is 1. The van der Waals surface area contributed by atoms with E-state index in [0.717, 1.165) is 12.5 Å². The summed E-state index contributed by atoms with van der Waals surface area (Å²) in [5.41, 5.74) is -0.332. The number of nitrogens with one attached hydrogen (secondary N) is 1. The number of halogens is 3. The number of hydrogen-bond donors (Lipinski definition) is 1. The van der Waals surface area contributed by atoms with E-state index >= 15 is 0 Å². The minimum absolute atomic E-state index is 0.115. The molecule has 1 saturated carbocycles. The molecule has 1 aromatic heterocycles. The molecule has 7 heteroatoms. The number of benzene rings is 1. The highest BCUT2D eigenvalue weighted by atomic mass is 19.4. The van der Waals surface area contributed by atoms with Crippen LogP contribution in [0.2, 0.25) is 0 Å². The maximum Gasteiger partial charge on any atom is 0.416 e. The van der Waals surface area contributed by atoms with Crippen LogP contribution < -0.4 is 5.32 Å². The van der Waals surface area contributed by atoms with Gasteiger partial charge in [-0.05, 0) is 24.5 Å². The summed E-state index contributed by atoms with van der Waals surface area (Å²) in [6.07, 6.45) is 2.52. The fourth-order valence-electron chi connectivity index (χ4n) is 3.38. The number of imidazole rings is 1. The number of carbonyl (C=O) groups excluding carboxylic acids is 1. The normalized spacial score (nSPS) is 21.0. The largest absolute Gasteiger partial charge is 0.416 e. The third-order valence-corrected chi connectivity index (χ3v) is 4.41. The van der Waals surface area contributed by atoms with Crippen molar-refractivity contribution in [2.45, 2.75) is 43.9 Å². The van der Waals surface area contributed by atoms with Crippen LogP contribution in [0, 0.1) is 0 Å². The van der Waals surface area contributed by atoms with Gasteiger partial charge in [-0.1, -0.05) is 24.6 Å². The first kappa shape index (κ1) is 16.5. The van der Waals surface area contributed by atoms with Gasteiger partial charge in [0.1, 0.15) is 6.54 Å². The maximum atomic E-state index is 13.2. The number of carbonyl (C=O) groups is 1. The van der Waals surface area contributed by atoms with Gasteiger partial charge in [0.2, 0.25) is 5.91 Å². The van der Waals surface area contributed by atoms with Crippen molar-refractivity contribution in [2.24, 2.45) is 0 Å². The third kappa shape index (κ3) is 3.60. The van der Waals surface area contributed by atoms with Crippen LogP contribution in [0.5, 0.6) is 0 Å². The molecule has 2 atom stereocenters. The Labute approximate surface area is 137 Å². The van der Waals surface area contributed by atoms with Crippen LogP contribution in [0.25, 0.3) is 0 Å². The van der Waals surface area contributed by atoms with Gasteiger partial charge in [-0.3, -0.25) is 4.79 Å². The Kier molecular flexibility index (Phi) is 4.59. The van der Waals surface area contributed by atoms with E-state index in [-0.39, 0.29) is 30.0 Å². The SMILES string of the molecule is O=C(Cn1ccnc1)N[C@H]1CCC[C@@H]1c1ccccc1C(F)(F)F. The topological polar surface area (TPSA) is 46.9 Å². The molecule has 0 bridgehead atoms. The molecule has 3 rings (SSSR count). The first-order valence-electron chi connectivity index (χ1n) is 7.86. The van der Waals surface area contributed by atoms with Crippen molar-refractivity contribution in [3.63, 3.8) is 0 Å². The summed E-state index contributed by atoms with van der Waals surface area (Å²) in [5, 5.41) is 2.89. The zero-order valence-electron chi connectivity index (χ0n) is 13.0. The molecule has 0 radical (unpaired) electrons. The fourth-order valence-corrected chi connectivity index (χ4v) is 3.38. The van der Waals surface area contributed by atoms with Crippen molar-refractivity contribution in [3.8, 4) is 0 Å². The summed E-state index contributed by atoms with van der Waals surface area (Å²) in [6.45, 7) is 0.115. The van der Waals surface area contributed by atoms with Gasteiger partial charge >= 0.3 is 6.18 Å². The van der Waals surface area contributed by atoms with Gasteiger partial charge in [-0.2, -0.15) is 13.2 Å². The highest BCUT2D eigenvalue weighted by Gasteiger charge is 2.38. The van der Waals surface area contributed by atoms with Gasteiger partial charge in [0.25, 0.3) is 0 Å². The van der Waals surface area contributed by atoms with E-state index < -0.39 is 11.7 Å². The van der Waals surface area contributed by atoms with Crippen molar-refractivity contribution in [1.29, 1.82) is 0 Å². The average molecular weight is 337 g/mol. The van der Waals surface area contributed by atoms with Crippen molar-refractivity contribution in [3.05, 3.63) is 54.1 Å². The number of rotatable bonds is 4. The van der Waals surface area contributed by atoms with E-state index in [1.807, 2.05) is 0 Å². The Bertz CT molecular complexity index is 697. The zero-order valence-corrected chi connectivity index (χ0v) is 13.0. The molecule has 0 saturated heterocycles. The van der Waals surface area contributed by atoms with Crippen LogP contribution in [0.15, 0.2) is 43.0 Å². The predicted octanol–water partition coefficient (Wildman–Crippen LogP) is 3.35. The maximum absolute atomic E-state index is 13.2. The fraction of sp³-hybridized carbons (Fsp3) is 0.412. The monoisotopic (exact) mass is 337 g/mol. The molecule has 0 unspecified atom stereocenters. The van der Waals surface area contributed by atoms with Crippen LogP contribution in [-0.2, 0) is 17.5 Å². The molecular weight excluding hydrogens is 319 g/mol. The lowest BCUT2D eigenvalue weighted by Gasteiger charge is -2.24. The standard InChI is InChI=1S/C17H18F3N3O/c18-17(19,20)14-6-2-1-4-12(14)13-5-3-7-15(13)22-16(24)10-23-9-8-21-11-23/h1-2,4,6,8-9,11,13,15H,3,5,7,10H2,(H,22,24)/t13-,15+/m1/s1. The highest BCUT2D eigenvalue weighted by molar-refractivity contribution is 5.76. The number of nitrogens with zero attached hydrogens (tertiary/aromatic N) is 2. The predicted molar refractivity (Wildman–Crippen MR) is 82.2 cm³/mol. The van der Waals surface area contributed by atoms with E-state index in [1.165, 1.54) is 18.5 Å². The lowest BCUT2D eigenvalue weighted by atomic mass is 9.89. The lowest BCUT2D eigenvalue weighted by Crippen LogP contribution is -2.38. The van der Waals surface area contributed by atoms with Gasteiger partial charge < -0.3 is 9.88 Å². The molecular formula is C17H18F3N3O. The first-order chi connectivity index (χ1) is 11.4. The van der Waals surface area contributed by atoms with E-state index in [4.69, 9.17) is 0 Å². The van der Waals surface area contributed by atoms with E-state index in [9.17, 15) is 18.0 Å². The van der Waals surface area contributed by atoms with E-state index in [2.05, 4.69) is 10.3 Å². The van der Waals surface area contributed by atoms with Gasteiger partial charge in [0, 0.05) is 24.4 Å². The van der Waals surface area contributed by atoms with E-state index in [0.29, 0.717) is 12.8 Å². The Hall–Kier alpha value is -2.31. The average Bonchev–Trinajstić information content (AvgIpc) is 3.18. The number of hydrogen-bond acceptors (Lipinski definition) is 2. The Morgan fingerprint density at radius 2 is 2.08 bits per heavy atom. The Balaban J connectivity index is 1.75. The summed E-state index contributed by atoms with van der Waals surface area (Å²) >= 11 is 0. The van der Waals surface area contributed by atoms with Crippen LogP contribution in [-0.4, -0.2) is 21.5 Å². The molecule has 1 N–H and O–H groups in total. The number of alkyl halides is 3. The van der Waals surface area contributed by atoms with Crippen LogP contribution >= 0.6 is 0 Å². The molecule has 0 aliphatic heterocycles. The second-order valence-corrected chi connectivity index (χ2v) is 6.03. The van der Waals surface area contributed by atoms with Gasteiger partial charge in [-0.15, -0.1) is 0 Å². The van der Waals surface area contributed by atoms with Crippen LogP contribution in [0.4, 0.5) is 13.2 Å². The molecule has 1 heterocycles. The summed E-state index contributed by atoms with van der Waals surface area (Å²) in [6, 6.07) is 5.37.